The van der Waals surface area contributed by atoms with E-state index < -0.39 is 28.5 Å². The molecule has 4 aromatic rings. The Morgan fingerprint density at radius 2 is 1.49 bits per heavy atom. The van der Waals surface area contributed by atoms with E-state index in [9.17, 15) is 18.0 Å². The van der Waals surface area contributed by atoms with Gasteiger partial charge in [0.1, 0.15) is 24.1 Å². The third kappa shape index (κ3) is 8.92. The largest absolute Gasteiger partial charge is 0.497 e. The molecule has 4 aromatic carbocycles. The van der Waals surface area contributed by atoms with Gasteiger partial charge in [0.2, 0.25) is 11.8 Å². The van der Waals surface area contributed by atoms with Crippen molar-refractivity contribution in [2.24, 2.45) is 0 Å². The molecule has 0 aliphatic rings. The number of amides is 2. The van der Waals surface area contributed by atoms with Crippen molar-refractivity contribution in [1.29, 1.82) is 0 Å². The number of nitrogens with zero attached hydrogens (tertiary/aromatic N) is 2. The van der Waals surface area contributed by atoms with Gasteiger partial charge in [-0.25, -0.2) is 8.42 Å². The topological polar surface area (TPSA) is 105 Å². The lowest BCUT2D eigenvalue weighted by Gasteiger charge is -2.34. The monoisotopic (exact) mass is 657 g/mol. The Bertz CT molecular complexity index is 1750. The first-order valence-corrected chi connectivity index (χ1v) is 17.0. The lowest BCUT2D eigenvalue weighted by atomic mass is 10.0. The van der Waals surface area contributed by atoms with Crippen LogP contribution in [0.5, 0.6) is 11.5 Å². The number of anilines is 1. The van der Waals surface area contributed by atoms with Gasteiger partial charge in [-0.05, 0) is 67.8 Å². The Balaban J connectivity index is 1.84. The molecule has 0 spiro atoms. The van der Waals surface area contributed by atoms with E-state index in [-0.39, 0.29) is 41.2 Å². The van der Waals surface area contributed by atoms with Gasteiger partial charge in [0, 0.05) is 19.0 Å². The summed E-state index contributed by atoms with van der Waals surface area (Å²) in [6, 6.07) is 28.7. The van der Waals surface area contributed by atoms with E-state index >= 15 is 0 Å². The van der Waals surface area contributed by atoms with E-state index in [4.69, 9.17) is 9.47 Å². The van der Waals surface area contributed by atoms with E-state index in [2.05, 4.69) is 5.32 Å². The number of aryl methyl sites for hydroxylation is 1. The Kier molecular flexibility index (Phi) is 12.0. The maximum absolute atomic E-state index is 14.7. The highest BCUT2D eigenvalue weighted by Gasteiger charge is 2.35. The maximum Gasteiger partial charge on any atom is 0.264 e. The average Bonchev–Trinajstić information content (AvgIpc) is 3.08. The maximum atomic E-state index is 14.7. The molecule has 0 aromatic heterocycles. The molecule has 0 radical (unpaired) electrons. The van der Waals surface area contributed by atoms with E-state index in [0.717, 1.165) is 21.0 Å². The minimum atomic E-state index is -4.30. The van der Waals surface area contributed by atoms with Crippen molar-refractivity contribution >= 4 is 27.5 Å². The summed E-state index contributed by atoms with van der Waals surface area (Å²) in [7, 11) is -1.36. The lowest BCUT2D eigenvalue weighted by Crippen LogP contribution is -2.54. The first kappa shape index (κ1) is 35.0. The SMILES string of the molecule is CC[C@H](C)NC(=O)[C@@H](Cc1ccccc1)N(Cc1cccc(C)c1)C(=O)CN(c1ccccc1OC)S(=O)(=O)c1ccc(OC)cc1. The van der Waals surface area contributed by atoms with Crippen molar-refractivity contribution in [3.63, 3.8) is 0 Å². The molecular weight excluding hydrogens is 614 g/mol. The average molecular weight is 658 g/mol. The van der Waals surface area contributed by atoms with Crippen LogP contribution in [0, 0.1) is 6.92 Å². The molecule has 9 nitrogen and oxygen atoms in total. The van der Waals surface area contributed by atoms with Gasteiger partial charge in [0.15, 0.2) is 0 Å². The second kappa shape index (κ2) is 16.1. The summed E-state index contributed by atoms with van der Waals surface area (Å²) in [5, 5.41) is 3.06. The number of hydrogen-bond donors (Lipinski definition) is 1. The fourth-order valence-electron chi connectivity index (χ4n) is 5.23. The van der Waals surface area contributed by atoms with Gasteiger partial charge in [0.05, 0.1) is 24.8 Å². The highest BCUT2D eigenvalue weighted by atomic mass is 32.2. The van der Waals surface area contributed by atoms with Crippen molar-refractivity contribution in [2.75, 3.05) is 25.1 Å². The molecular formula is C37H43N3O6S. The summed E-state index contributed by atoms with van der Waals surface area (Å²) in [4.78, 5) is 30.1. The fourth-order valence-corrected chi connectivity index (χ4v) is 6.65. The summed E-state index contributed by atoms with van der Waals surface area (Å²) in [5.41, 5.74) is 2.87. The molecule has 4 rings (SSSR count). The van der Waals surface area contributed by atoms with Crippen molar-refractivity contribution in [2.45, 2.75) is 57.1 Å². The molecule has 0 unspecified atom stereocenters. The highest BCUT2D eigenvalue weighted by Crippen LogP contribution is 2.33. The molecule has 0 saturated carbocycles. The van der Waals surface area contributed by atoms with Crippen LogP contribution in [0.1, 0.15) is 37.0 Å². The Hall–Kier alpha value is -4.83. The number of carbonyl (C=O) groups excluding carboxylic acids is 2. The predicted octanol–water partition coefficient (Wildman–Crippen LogP) is 5.76. The van der Waals surface area contributed by atoms with Crippen molar-refractivity contribution < 1.29 is 27.5 Å². The van der Waals surface area contributed by atoms with E-state index in [1.807, 2.05) is 75.4 Å². The molecule has 0 saturated heterocycles. The predicted molar refractivity (Wildman–Crippen MR) is 184 cm³/mol. The summed E-state index contributed by atoms with van der Waals surface area (Å²) in [6.07, 6.45) is 0.942. The molecule has 248 valence electrons. The number of nitrogens with one attached hydrogen (secondary N) is 1. The molecule has 10 heteroatoms. The molecule has 0 aliphatic carbocycles. The first-order chi connectivity index (χ1) is 22.6. The summed E-state index contributed by atoms with van der Waals surface area (Å²) >= 11 is 0. The summed E-state index contributed by atoms with van der Waals surface area (Å²) < 4.78 is 40.5. The number of methoxy groups -OCH3 is 2. The van der Waals surface area contributed by atoms with Crippen LogP contribution in [-0.2, 0) is 32.6 Å². The summed E-state index contributed by atoms with van der Waals surface area (Å²) in [5.74, 6) is -0.0944. The van der Waals surface area contributed by atoms with Gasteiger partial charge < -0.3 is 19.7 Å². The van der Waals surface area contributed by atoms with Crippen LogP contribution in [0.4, 0.5) is 5.69 Å². The van der Waals surface area contributed by atoms with Crippen LogP contribution in [0.25, 0.3) is 0 Å². The molecule has 2 atom stereocenters. The molecule has 0 heterocycles. The number of rotatable bonds is 15. The second-order valence-corrected chi connectivity index (χ2v) is 13.3. The normalized spacial score (nSPS) is 12.4. The Labute approximate surface area is 278 Å². The molecule has 2 amide bonds. The number of carbonyl (C=O) groups is 2. The van der Waals surface area contributed by atoms with Gasteiger partial charge in [-0.2, -0.15) is 0 Å². The number of benzene rings is 4. The molecule has 0 fully saturated rings. The third-order valence-corrected chi connectivity index (χ3v) is 9.76. The van der Waals surface area contributed by atoms with Crippen LogP contribution in [-0.4, -0.2) is 58.0 Å². The van der Waals surface area contributed by atoms with Gasteiger partial charge in [0.25, 0.3) is 10.0 Å². The number of sulfonamides is 1. The van der Waals surface area contributed by atoms with E-state index in [0.29, 0.717) is 12.2 Å². The minimum absolute atomic E-state index is 0.0300. The minimum Gasteiger partial charge on any atom is -0.497 e. The first-order valence-electron chi connectivity index (χ1n) is 15.6. The van der Waals surface area contributed by atoms with Gasteiger partial charge in [-0.3, -0.25) is 13.9 Å². The zero-order valence-corrected chi connectivity index (χ0v) is 28.4. The smallest absolute Gasteiger partial charge is 0.264 e. The molecule has 1 N–H and O–H groups in total. The fraction of sp³-hybridized carbons (Fsp3) is 0.297. The van der Waals surface area contributed by atoms with Gasteiger partial charge >= 0.3 is 0 Å². The number of para-hydroxylation sites is 2. The molecule has 0 aliphatic heterocycles. The lowest BCUT2D eigenvalue weighted by molar-refractivity contribution is -0.140. The van der Waals surface area contributed by atoms with Crippen molar-refractivity contribution in [3.8, 4) is 11.5 Å². The zero-order chi connectivity index (χ0) is 34.0. The standard InChI is InChI=1S/C37H43N3O6S/c1-6-28(3)38-37(42)34(24-29-14-8-7-9-15-29)39(25-30-16-12-13-27(2)23-30)36(41)26-40(33-17-10-11-18-35(33)46-5)47(43,44)32-21-19-31(45-4)20-22-32/h7-23,28,34H,6,24-26H2,1-5H3,(H,38,42)/t28-,34+/m0/s1. The van der Waals surface area contributed by atoms with Crippen LogP contribution in [0.3, 0.4) is 0 Å². The van der Waals surface area contributed by atoms with Gasteiger partial charge in [-0.1, -0.05) is 79.2 Å². The molecule has 0 bridgehead atoms. The molecule has 47 heavy (non-hydrogen) atoms. The zero-order valence-electron chi connectivity index (χ0n) is 27.6. The van der Waals surface area contributed by atoms with Gasteiger partial charge in [-0.15, -0.1) is 0 Å². The summed E-state index contributed by atoms with van der Waals surface area (Å²) in [6.45, 7) is 5.35. The second-order valence-electron chi connectivity index (χ2n) is 11.4. The highest BCUT2D eigenvalue weighted by molar-refractivity contribution is 7.92. The van der Waals surface area contributed by atoms with Crippen molar-refractivity contribution in [3.05, 3.63) is 120 Å². The number of hydrogen-bond acceptors (Lipinski definition) is 6. The van der Waals surface area contributed by atoms with E-state index in [1.54, 1.807) is 36.4 Å². The van der Waals surface area contributed by atoms with Crippen LogP contribution in [0.2, 0.25) is 0 Å². The van der Waals surface area contributed by atoms with Crippen LogP contribution in [0.15, 0.2) is 108 Å². The number of ether oxygens (including phenoxy) is 2. The Morgan fingerprint density at radius 3 is 2.13 bits per heavy atom. The Morgan fingerprint density at radius 1 is 0.830 bits per heavy atom. The quantitative estimate of drug-likeness (QED) is 0.174. The van der Waals surface area contributed by atoms with Crippen LogP contribution < -0.4 is 19.1 Å². The third-order valence-electron chi connectivity index (χ3n) is 7.99. The van der Waals surface area contributed by atoms with E-state index in [1.165, 1.54) is 31.3 Å². The van der Waals surface area contributed by atoms with Crippen molar-refractivity contribution in [1.82, 2.24) is 10.2 Å². The van der Waals surface area contributed by atoms with Crippen LogP contribution >= 0.6 is 0 Å².